The highest BCUT2D eigenvalue weighted by Gasteiger charge is 2.26. The average Bonchev–Trinajstić information content (AvgIpc) is 2.57. The first-order chi connectivity index (χ1) is 12.3. The van der Waals surface area contributed by atoms with E-state index in [0.29, 0.717) is 16.8 Å². The summed E-state index contributed by atoms with van der Waals surface area (Å²) in [6.07, 6.45) is 4.64. The number of sulfonamides is 1. The van der Waals surface area contributed by atoms with E-state index >= 15 is 0 Å². The molecule has 26 heavy (non-hydrogen) atoms. The second kappa shape index (κ2) is 7.48. The molecule has 7 nitrogen and oxygen atoms in total. The molecule has 0 radical (unpaired) electrons. The Morgan fingerprint density at radius 3 is 2.58 bits per heavy atom. The molecule has 0 atom stereocenters. The maximum Gasteiger partial charge on any atom is 0.242 e. The summed E-state index contributed by atoms with van der Waals surface area (Å²) < 4.78 is 28.5. The summed E-state index contributed by atoms with van der Waals surface area (Å²) in [5.74, 6) is 0.172. The number of hydrogen-bond acceptors (Lipinski definition) is 6. The highest BCUT2D eigenvalue weighted by Crippen LogP contribution is 2.30. The van der Waals surface area contributed by atoms with Crippen LogP contribution < -0.4 is 16.2 Å². The van der Waals surface area contributed by atoms with Crippen LogP contribution in [0.3, 0.4) is 0 Å². The monoisotopic (exact) mass is 395 g/mol. The molecule has 1 saturated carbocycles. The van der Waals surface area contributed by atoms with E-state index in [4.69, 9.17) is 23.1 Å². The molecule has 140 valence electrons. The second-order valence-electron chi connectivity index (χ2n) is 6.61. The van der Waals surface area contributed by atoms with E-state index in [0.717, 1.165) is 25.7 Å². The normalized spacial score (nSPS) is 20.9. The van der Waals surface area contributed by atoms with Crippen LogP contribution in [-0.4, -0.2) is 30.5 Å². The van der Waals surface area contributed by atoms with Gasteiger partial charge >= 0.3 is 0 Å². The van der Waals surface area contributed by atoms with Gasteiger partial charge in [-0.15, -0.1) is 0 Å². The molecule has 2 aromatic rings. The summed E-state index contributed by atoms with van der Waals surface area (Å²) >= 11 is 6.18. The van der Waals surface area contributed by atoms with Crippen molar-refractivity contribution >= 4 is 27.6 Å². The summed E-state index contributed by atoms with van der Waals surface area (Å²) in [6, 6.07) is 4.87. The quantitative estimate of drug-likeness (QED) is 0.729. The van der Waals surface area contributed by atoms with Crippen LogP contribution >= 0.6 is 11.6 Å². The van der Waals surface area contributed by atoms with E-state index in [1.54, 1.807) is 31.3 Å². The molecule has 3 rings (SSSR count). The number of halogens is 1. The standard InChI is InChI=1S/C17H22ClN5O2S/c1-10-14(9-21-17(20)22-10)11-2-7-15(18)16(8-11)26(24,25)23-13-5-3-12(19)4-6-13/h2,7-9,12-13,23H,3-6,19H2,1H3,(H2,20,21,22). The van der Waals surface area contributed by atoms with Crippen molar-refractivity contribution < 1.29 is 8.42 Å². The molecule has 1 aliphatic carbocycles. The van der Waals surface area contributed by atoms with Gasteiger partial charge in [-0.25, -0.2) is 23.1 Å². The van der Waals surface area contributed by atoms with E-state index in [-0.39, 0.29) is 28.0 Å². The fourth-order valence-corrected chi connectivity index (χ4v) is 5.00. The van der Waals surface area contributed by atoms with Crippen molar-refractivity contribution in [3.8, 4) is 11.1 Å². The Morgan fingerprint density at radius 1 is 1.23 bits per heavy atom. The Bertz CT molecular complexity index is 911. The molecule has 1 aromatic carbocycles. The molecule has 1 aliphatic rings. The number of nitrogens with two attached hydrogens (primary N) is 2. The van der Waals surface area contributed by atoms with Gasteiger partial charge in [0.25, 0.3) is 0 Å². The predicted molar refractivity (Wildman–Crippen MR) is 102 cm³/mol. The Morgan fingerprint density at radius 2 is 1.92 bits per heavy atom. The van der Waals surface area contributed by atoms with Gasteiger partial charge in [0.05, 0.1) is 10.7 Å². The Kier molecular flexibility index (Phi) is 5.47. The third kappa shape index (κ3) is 4.15. The first-order valence-corrected chi connectivity index (χ1v) is 10.3. The number of hydrogen-bond donors (Lipinski definition) is 3. The van der Waals surface area contributed by atoms with Crippen LogP contribution in [0.2, 0.25) is 5.02 Å². The topological polar surface area (TPSA) is 124 Å². The Hall–Kier alpha value is -1.74. The van der Waals surface area contributed by atoms with Crippen LogP contribution in [0, 0.1) is 6.92 Å². The lowest BCUT2D eigenvalue weighted by atomic mass is 9.93. The molecule has 1 aromatic heterocycles. The summed E-state index contributed by atoms with van der Waals surface area (Å²) in [7, 11) is -3.75. The van der Waals surface area contributed by atoms with E-state index in [1.807, 2.05) is 0 Å². The first-order valence-electron chi connectivity index (χ1n) is 8.43. The third-order valence-corrected chi connectivity index (χ3v) is 6.63. The zero-order valence-electron chi connectivity index (χ0n) is 14.4. The number of nitrogen functional groups attached to an aromatic ring is 1. The maximum absolute atomic E-state index is 12.8. The minimum absolute atomic E-state index is 0.0442. The summed E-state index contributed by atoms with van der Waals surface area (Å²) in [5, 5.41) is 0.169. The smallest absolute Gasteiger partial charge is 0.242 e. The fraction of sp³-hybridized carbons (Fsp3) is 0.412. The second-order valence-corrected chi connectivity index (χ2v) is 8.70. The van der Waals surface area contributed by atoms with Crippen molar-refractivity contribution in [2.75, 3.05) is 5.73 Å². The molecule has 0 bridgehead atoms. The van der Waals surface area contributed by atoms with Gasteiger partial charge in [0, 0.05) is 23.8 Å². The zero-order valence-corrected chi connectivity index (χ0v) is 16.0. The highest BCUT2D eigenvalue weighted by atomic mass is 35.5. The van der Waals surface area contributed by atoms with E-state index in [1.165, 1.54) is 0 Å². The summed E-state index contributed by atoms with van der Waals surface area (Å²) in [6.45, 7) is 1.79. The molecule has 1 fully saturated rings. The number of benzene rings is 1. The van der Waals surface area contributed by atoms with Gasteiger partial charge in [-0.2, -0.15) is 0 Å². The lowest BCUT2D eigenvalue weighted by Gasteiger charge is -2.26. The summed E-state index contributed by atoms with van der Waals surface area (Å²) in [5.41, 5.74) is 13.5. The zero-order chi connectivity index (χ0) is 18.9. The number of nitrogens with zero attached hydrogens (tertiary/aromatic N) is 2. The number of rotatable bonds is 4. The van der Waals surface area contributed by atoms with Crippen molar-refractivity contribution in [2.45, 2.75) is 49.6 Å². The number of anilines is 1. The largest absolute Gasteiger partial charge is 0.368 e. The van der Waals surface area contributed by atoms with Crippen molar-refractivity contribution in [3.63, 3.8) is 0 Å². The first kappa shape index (κ1) is 19.0. The van der Waals surface area contributed by atoms with Gasteiger partial charge in [0.15, 0.2) is 0 Å². The van der Waals surface area contributed by atoms with Gasteiger partial charge in [0.1, 0.15) is 4.90 Å². The van der Waals surface area contributed by atoms with E-state index < -0.39 is 10.0 Å². The van der Waals surface area contributed by atoms with Crippen molar-refractivity contribution in [1.82, 2.24) is 14.7 Å². The number of aromatic nitrogens is 2. The molecule has 0 amide bonds. The molecular formula is C17H22ClN5O2S. The van der Waals surface area contributed by atoms with Crippen LogP contribution in [0.1, 0.15) is 31.4 Å². The summed E-state index contributed by atoms with van der Waals surface area (Å²) in [4.78, 5) is 8.15. The van der Waals surface area contributed by atoms with Crippen LogP contribution in [0.5, 0.6) is 0 Å². The van der Waals surface area contributed by atoms with E-state index in [2.05, 4.69) is 14.7 Å². The van der Waals surface area contributed by atoms with Crippen molar-refractivity contribution in [2.24, 2.45) is 5.73 Å². The minimum atomic E-state index is -3.75. The van der Waals surface area contributed by atoms with Crippen molar-refractivity contribution in [3.05, 3.63) is 35.1 Å². The third-order valence-electron chi connectivity index (χ3n) is 4.62. The van der Waals surface area contributed by atoms with E-state index in [9.17, 15) is 8.42 Å². The number of aryl methyl sites for hydroxylation is 1. The predicted octanol–water partition coefficient (Wildman–Crippen LogP) is 2.24. The average molecular weight is 396 g/mol. The maximum atomic E-state index is 12.8. The fourth-order valence-electron chi connectivity index (χ4n) is 3.17. The lowest BCUT2D eigenvalue weighted by molar-refractivity contribution is 0.373. The van der Waals surface area contributed by atoms with Gasteiger partial charge in [0.2, 0.25) is 16.0 Å². The van der Waals surface area contributed by atoms with Gasteiger partial charge in [-0.05, 0) is 50.3 Å². The SMILES string of the molecule is Cc1nc(N)ncc1-c1ccc(Cl)c(S(=O)(=O)NC2CCC(N)CC2)c1. The number of nitrogens with one attached hydrogen (secondary N) is 1. The molecular weight excluding hydrogens is 374 g/mol. The molecule has 0 unspecified atom stereocenters. The molecule has 0 spiro atoms. The van der Waals surface area contributed by atoms with Crippen LogP contribution in [0.15, 0.2) is 29.3 Å². The molecule has 9 heteroatoms. The lowest BCUT2D eigenvalue weighted by Crippen LogP contribution is -2.40. The van der Waals surface area contributed by atoms with Gasteiger partial charge in [-0.1, -0.05) is 17.7 Å². The molecule has 0 saturated heterocycles. The van der Waals surface area contributed by atoms with Crippen LogP contribution in [0.4, 0.5) is 5.95 Å². The minimum Gasteiger partial charge on any atom is -0.368 e. The molecule has 5 N–H and O–H groups in total. The van der Waals surface area contributed by atoms with Crippen LogP contribution in [0.25, 0.3) is 11.1 Å². The molecule has 1 heterocycles. The highest BCUT2D eigenvalue weighted by molar-refractivity contribution is 7.89. The van der Waals surface area contributed by atoms with Gasteiger partial charge in [-0.3, -0.25) is 0 Å². The van der Waals surface area contributed by atoms with Gasteiger partial charge < -0.3 is 11.5 Å². The van der Waals surface area contributed by atoms with Crippen molar-refractivity contribution in [1.29, 1.82) is 0 Å². The van der Waals surface area contributed by atoms with Crippen LogP contribution in [-0.2, 0) is 10.0 Å². The molecule has 0 aliphatic heterocycles. The Balaban J connectivity index is 1.91. The Labute approximate surface area is 158 Å².